The van der Waals surface area contributed by atoms with Crippen LogP contribution in [0.2, 0.25) is 5.02 Å². The van der Waals surface area contributed by atoms with E-state index in [4.69, 9.17) is 11.6 Å². The Balaban J connectivity index is 1.48. The van der Waals surface area contributed by atoms with Crippen LogP contribution in [0.15, 0.2) is 59.4 Å². The minimum atomic E-state index is -0.213. The number of hydrogen-bond acceptors (Lipinski definition) is 3. The van der Waals surface area contributed by atoms with Crippen molar-refractivity contribution < 1.29 is 9.59 Å². The number of halogens is 1. The van der Waals surface area contributed by atoms with Gasteiger partial charge in [-0.15, -0.1) is 0 Å². The first-order valence-electron chi connectivity index (χ1n) is 8.69. The molecule has 3 rings (SSSR count). The third-order valence-corrected chi connectivity index (χ3v) is 4.54. The average Bonchev–Trinajstić information content (AvgIpc) is 2.67. The Morgan fingerprint density at radius 3 is 2.52 bits per heavy atom. The highest BCUT2D eigenvalue weighted by Gasteiger charge is 2.10. The van der Waals surface area contributed by atoms with Gasteiger partial charge in [0.2, 0.25) is 5.91 Å². The van der Waals surface area contributed by atoms with E-state index in [1.54, 1.807) is 24.3 Å². The highest BCUT2D eigenvalue weighted by atomic mass is 35.5. The number of rotatable bonds is 7. The van der Waals surface area contributed by atoms with Gasteiger partial charge in [-0.3, -0.25) is 14.4 Å². The maximum atomic E-state index is 12.1. The van der Waals surface area contributed by atoms with Crippen molar-refractivity contribution in [1.29, 1.82) is 0 Å². The van der Waals surface area contributed by atoms with Crippen LogP contribution in [0.25, 0.3) is 10.9 Å². The second-order valence-electron chi connectivity index (χ2n) is 6.24. The number of carbonyl (C=O) groups excluding carboxylic acids is 2. The minimum absolute atomic E-state index is 0.104. The molecule has 0 unspecified atom stereocenters. The van der Waals surface area contributed by atoms with E-state index in [1.807, 2.05) is 30.3 Å². The van der Waals surface area contributed by atoms with E-state index in [1.165, 1.54) is 0 Å². The molecule has 0 atom stereocenters. The summed E-state index contributed by atoms with van der Waals surface area (Å²) in [5.41, 5.74) is 1.79. The van der Waals surface area contributed by atoms with Crippen LogP contribution in [0, 0.1) is 0 Å². The number of benzene rings is 2. The lowest BCUT2D eigenvalue weighted by Gasteiger charge is -2.06. The van der Waals surface area contributed by atoms with Crippen LogP contribution >= 0.6 is 11.6 Å². The van der Waals surface area contributed by atoms with Crippen molar-refractivity contribution >= 4 is 34.2 Å². The molecule has 138 valence electrons. The molecule has 0 aliphatic rings. The molecule has 1 amide bonds. The summed E-state index contributed by atoms with van der Waals surface area (Å²) in [7, 11) is 0. The number of aromatic nitrogens is 1. The lowest BCUT2D eigenvalue weighted by molar-refractivity contribution is -0.121. The molecule has 6 heteroatoms. The molecule has 5 nitrogen and oxygen atoms in total. The molecule has 1 heterocycles. The lowest BCUT2D eigenvalue weighted by atomic mass is 10.1. The van der Waals surface area contributed by atoms with Crippen molar-refractivity contribution in [2.45, 2.75) is 19.3 Å². The second-order valence-corrected chi connectivity index (χ2v) is 6.68. The zero-order valence-electron chi connectivity index (χ0n) is 14.6. The number of Topliss-reactive ketones (excluding diaryl/α,β-unsaturated/α-hetero) is 1. The number of nitrogens with one attached hydrogen (secondary N) is 2. The van der Waals surface area contributed by atoms with Gasteiger partial charge in [0.05, 0.1) is 0 Å². The molecule has 0 aliphatic carbocycles. The van der Waals surface area contributed by atoms with E-state index in [2.05, 4.69) is 10.3 Å². The van der Waals surface area contributed by atoms with Crippen molar-refractivity contribution in [3.8, 4) is 0 Å². The largest absolute Gasteiger partial charge is 0.356 e. The molecule has 3 aromatic rings. The minimum Gasteiger partial charge on any atom is -0.356 e. The maximum absolute atomic E-state index is 12.1. The van der Waals surface area contributed by atoms with Gasteiger partial charge in [-0.25, -0.2) is 0 Å². The van der Waals surface area contributed by atoms with Gasteiger partial charge in [-0.05, 0) is 48.2 Å². The molecule has 0 spiro atoms. The predicted octanol–water partition coefficient (Wildman–Crippen LogP) is 3.50. The zero-order chi connectivity index (χ0) is 19.2. The monoisotopic (exact) mass is 382 g/mol. The summed E-state index contributed by atoms with van der Waals surface area (Å²) in [6.45, 7) is 0.343. The Kier molecular flexibility index (Phi) is 6.04. The van der Waals surface area contributed by atoms with Gasteiger partial charge in [-0.1, -0.05) is 29.8 Å². The summed E-state index contributed by atoms with van der Waals surface area (Å²) < 4.78 is 0. The molecule has 0 saturated heterocycles. The average molecular weight is 383 g/mol. The third-order valence-electron chi connectivity index (χ3n) is 4.29. The van der Waals surface area contributed by atoms with Gasteiger partial charge in [0, 0.05) is 41.1 Å². The SMILES string of the molecule is O=C(CCC(=O)c1ccc(Cl)cc1)NCCc1cc2ccccc2[nH]c1=O. The van der Waals surface area contributed by atoms with Gasteiger partial charge in [0.1, 0.15) is 0 Å². The van der Waals surface area contributed by atoms with Crippen LogP contribution in [-0.4, -0.2) is 23.2 Å². The quantitative estimate of drug-likeness (QED) is 0.614. The summed E-state index contributed by atoms with van der Waals surface area (Å²) in [6, 6.07) is 16.0. The van der Waals surface area contributed by atoms with Crippen molar-refractivity contribution in [2.75, 3.05) is 6.54 Å². The summed E-state index contributed by atoms with van der Waals surface area (Å²) in [5.74, 6) is -0.317. The van der Waals surface area contributed by atoms with E-state index in [9.17, 15) is 14.4 Å². The first-order valence-corrected chi connectivity index (χ1v) is 9.07. The number of ketones is 1. The Labute approximate surface area is 161 Å². The smallest absolute Gasteiger partial charge is 0.251 e. The number of hydrogen-bond donors (Lipinski definition) is 2. The highest BCUT2D eigenvalue weighted by Crippen LogP contribution is 2.12. The van der Waals surface area contributed by atoms with Crippen molar-refractivity contribution in [1.82, 2.24) is 10.3 Å². The Bertz CT molecular complexity index is 1030. The number of amides is 1. The van der Waals surface area contributed by atoms with Crippen molar-refractivity contribution in [3.63, 3.8) is 0 Å². The number of aromatic amines is 1. The van der Waals surface area contributed by atoms with Crippen molar-refractivity contribution in [2.24, 2.45) is 0 Å². The molecule has 0 bridgehead atoms. The normalized spacial score (nSPS) is 10.7. The Hall–Kier alpha value is -2.92. The van der Waals surface area contributed by atoms with Gasteiger partial charge in [-0.2, -0.15) is 0 Å². The predicted molar refractivity (Wildman–Crippen MR) is 106 cm³/mol. The lowest BCUT2D eigenvalue weighted by Crippen LogP contribution is -2.27. The Morgan fingerprint density at radius 2 is 1.74 bits per heavy atom. The molecular weight excluding hydrogens is 364 g/mol. The molecule has 2 N–H and O–H groups in total. The van der Waals surface area contributed by atoms with Crippen LogP contribution in [-0.2, 0) is 11.2 Å². The fraction of sp³-hybridized carbons (Fsp3) is 0.190. The molecule has 2 aromatic carbocycles. The maximum Gasteiger partial charge on any atom is 0.251 e. The topological polar surface area (TPSA) is 79.0 Å². The van der Waals surface area contributed by atoms with Gasteiger partial charge in [0.25, 0.3) is 5.56 Å². The molecular formula is C21H19ClN2O3. The van der Waals surface area contributed by atoms with Gasteiger partial charge < -0.3 is 10.3 Å². The van der Waals surface area contributed by atoms with Crippen LogP contribution in [0.4, 0.5) is 0 Å². The van der Waals surface area contributed by atoms with E-state index in [0.717, 1.165) is 10.9 Å². The van der Waals surface area contributed by atoms with E-state index in [-0.39, 0.29) is 30.1 Å². The van der Waals surface area contributed by atoms with E-state index in [0.29, 0.717) is 29.1 Å². The summed E-state index contributed by atoms with van der Waals surface area (Å²) in [6.07, 6.45) is 0.663. The molecule has 27 heavy (non-hydrogen) atoms. The summed E-state index contributed by atoms with van der Waals surface area (Å²) >= 11 is 5.79. The molecule has 0 aliphatic heterocycles. The summed E-state index contributed by atoms with van der Waals surface area (Å²) in [4.78, 5) is 38.9. The van der Waals surface area contributed by atoms with Gasteiger partial charge in [0.15, 0.2) is 5.78 Å². The van der Waals surface area contributed by atoms with Gasteiger partial charge >= 0.3 is 0 Å². The number of H-pyrrole nitrogens is 1. The van der Waals surface area contributed by atoms with Crippen LogP contribution < -0.4 is 10.9 Å². The fourth-order valence-electron chi connectivity index (χ4n) is 2.81. The molecule has 0 fully saturated rings. The third kappa shape index (κ3) is 5.05. The first kappa shape index (κ1) is 18.9. The van der Waals surface area contributed by atoms with E-state index >= 15 is 0 Å². The molecule has 0 saturated carbocycles. The Morgan fingerprint density at radius 1 is 1.00 bits per heavy atom. The number of carbonyl (C=O) groups is 2. The fourth-order valence-corrected chi connectivity index (χ4v) is 2.94. The highest BCUT2D eigenvalue weighted by molar-refractivity contribution is 6.30. The number of para-hydroxylation sites is 1. The number of fused-ring (bicyclic) bond motifs is 1. The first-order chi connectivity index (χ1) is 13.0. The number of pyridine rings is 1. The zero-order valence-corrected chi connectivity index (χ0v) is 15.4. The van der Waals surface area contributed by atoms with Crippen LogP contribution in [0.5, 0.6) is 0 Å². The van der Waals surface area contributed by atoms with Crippen LogP contribution in [0.3, 0.4) is 0 Å². The second kappa shape index (κ2) is 8.64. The molecule has 1 aromatic heterocycles. The van der Waals surface area contributed by atoms with Crippen LogP contribution in [0.1, 0.15) is 28.8 Å². The summed E-state index contributed by atoms with van der Waals surface area (Å²) in [5, 5.41) is 4.27. The molecule has 0 radical (unpaired) electrons. The standard InChI is InChI=1S/C21H19ClN2O3/c22-17-7-5-14(6-8-17)19(25)9-10-20(26)23-12-11-16-13-15-3-1-2-4-18(15)24-21(16)27/h1-8,13H,9-12H2,(H,23,26)(H,24,27). The van der Waals surface area contributed by atoms with E-state index < -0.39 is 0 Å². The van der Waals surface area contributed by atoms with Crippen molar-refractivity contribution in [3.05, 3.63) is 81.1 Å².